The summed E-state index contributed by atoms with van der Waals surface area (Å²) < 4.78 is 33.0. The molecule has 2 heterocycles. The van der Waals surface area contributed by atoms with Gasteiger partial charge in [0.15, 0.2) is 5.13 Å². The van der Waals surface area contributed by atoms with Gasteiger partial charge in [-0.15, -0.1) is 11.8 Å². The SMILES string of the molecule is O=C(CCCSc1ccc(F)cc1)N(CC1CCCO1)c1nc2ccc(F)cc2s1. The van der Waals surface area contributed by atoms with Crippen LogP contribution in [0.25, 0.3) is 10.2 Å². The van der Waals surface area contributed by atoms with E-state index in [0.29, 0.717) is 36.6 Å². The molecule has 1 aliphatic heterocycles. The predicted octanol–water partition coefficient (Wildman–Crippen LogP) is 5.66. The molecule has 2 aromatic carbocycles. The number of nitrogens with zero attached hydrogens (tertiary/aromatic N) is 2. The van der Waals surface area contributed by atoms with E-state index in [1.165, 1.54) is 35.6 Å². The topological polar surface area (TPSA) is 42.4 Å². The number of carbonyl (C=O) groups excluding carboxylic acids is 1. The van der Waals surface area contributed by atoms with Gasteiger partial charge >= 0.3 is 0 Å². The van der Waals surface area contributed by atoms with Crippen molar-refractivity contribution in [3.63, 3.8) is 0 Å². The summed E-state index contributed by atoms with van der Waals surface area (Å²) in [5.41, 5.74) is 0.688. The van der Waals surface area contributed by atoms with Crippen molar-refractivity contribution in [1.29, 1.82) is 0 Å². The molecule has 1 saturated heterocycles. The lowest BCUT2D eigenvalue weighted by Gasteiger charge is -2.23. The summed E-state index contributed by atoms with van der Waals surface area (Å²) in [6, 6.07) is 10.8. The molecule has 30 heavy (non-hydrogen) atoms. The summed E-state index contributed by atoms with van der Waals surface area (Å²) >= 11 is 2.93. The third kappa shape index (κ3) is 5.36. The van der Waals surface area contributed by atoms with Crippen LogP contribution >= 0.6 is 23.1 Å². The Balaban J connectivity index is 1.41. The molecule has 158 valence electrons. The van der Waals surface area contributed by atoms with E-state index >= 15 is 0 Å². The van der Waals surface area contributed by atoms with Gasteiger partial charge in [0.25, 0.3) is 0 Å². The van der Waals surface area contributed by atoms with Crippen molar-refractivity contribution < 1.29 is 18.3 Å². The number of thiazole rings is 1. The second-order valence-corrected chi connectivity index (χ2v) is 9.33. The molecule has 1 atom stereocenters. The second-order valence-electron chi connectivity index (χ2n) is 7.15. The van der Waals surface area contributed by atoms with E-state index in [-0.39, 0.29) is 23.6 Å². The molecule has 1 aliphatic rings. The van der Waals surface area contributed by atoms with Gasteiger partial charge in [-0.25, -0.2) is 13.8 Å². The summed E-state index contributed by atoms with van der Waals surface area (Å²) in [7, 11) is 0. The average molecular weight is 449 g/mol. The number of benzene rings is 2. The second kappa shape index (κ2) is 9.85. The standard InChI is InChI=1S/C22H22F2N2O2S2/c23-15-5-8-18(9-6-15)29-12-2-4-21(27)26(14-17-3-1-11-28-17)22-25-19-10-7-16(24)13-20(19)30-22/h5-10,13,17H,1-4,11-12,14H2. The quantitative estimate of drug-likeness (QED) is 0.329. The van der Waals surface area contributed by atoms with E-state index < -0.39 is 0 Å². The first kappa shape index (κ1) is 21.2. The molecule has 1 amide bonds. The third-order valence-corrected chi connectivity index (χ3v) is 7.04. The van der Waals surface area contributed by atoms with Crippen molar-refractivity contribution in [1.82, 2.24) is 4.98 Å². The predicted molar refractivity (Wildman–Crippen MR) is 117 cm³/mol. The number of fused-ring (bicyclic) bond motifs is 1. The van der Waals surface area contributed by atoms with Gasteiger partial charge in [0.05, 0.1) is 22.9 Å². The van der Waals surface area contributed by atoms with Gasteiger partial charge in [0.1, 0.15) is 11.6 Å². The Labute approximate surface area is 182 Å². The lowest BCUT2D eigenvalue weighted by Crippen LogP contribution is -2.37. The summed E-state index contributed by atoms with van der Waals surface area (Å²) in [5, 5.41) is 0.585. The van der Waals surface area contributed by atoms with E-state index in [4.69, 9.17) is 4.74 Å². The van der Waals surface area contributed by atoms with E-state index in [2.05, 4.69) is 4.98 Å². The molecule has 0 saturated carbocycles. The third-order valence-electron chi connectivity index (χ3n) is 4.90. The number of rotatable bonds is 8. The molecule has 8 heteroatoms. The maximum Gasteiger partial charge on any atom is 0.228 e. The molecule has 1 aromatic heterocycles. The average Bonchev–Trinajstić information content (AvgIpc) is 3.39. The maximum absolute atomic E-state index is 13.6. The number of hydrogen-bond donors (Lipinski definition) is 0. The first-order chi connectivity index (χ1) is 14.6. The Morgan fingerprint density at radius 2 is 2.00 bits per heavy atom. The number of carbonyl (C=O) groups is 1. The minimum absolute atomic E-state index is 0.00582. The van der Waals surface area contributed by atoms with Crippen LogP contribution in [0.3, 0.4) is 0 Å². The monoisotopic (exact) mass is 448 g/mol. The molecular formula is C22H22F2N2O2S2. The van der Waals surface area contributed by atoms with E-state index in [1.54, 1.807) is 34.9 Å². The zero-order valence-corrected chi connectivity index (χ0v) is 18.0. The molecule has 3 aromatic rings. The molecule has 1 fully saturated rings. The lowest BCUT2D eigenvalue weighted by molar-refractivity contribution is -0.119. The van der Waals surface area contributed by atoms with Gasteiger partial charge in [-0.3, -0.25) is 9.69 Å². The van der Waals surface area contributed by atoms with Crippen molar-refractivity contribution in [3.05, 3.63) is 54.1 Å². The summed E-state index contributed by atoms with van der Waals surface area (Å²) in [4.78, 5) is 20.3. The first-order valence-corrected chi connectivity index (χ1v) is 11.7. The van der Waals surface area contributed by atoms with Crippen molar-refractivity contribution in [3.8, 4) is 0 Å². The zero-order valence-electron chi connectivity index (χ0n) is 16.4. The van der Waals surface area contributed by atoms with Gasteiger partial charge < -0.3 is 4.74 Å². The van der Waals surface area contributed by atoms with Crippen LogP contribution in [-0.2, 0) is 9.53 Å². The fourth-order valence-electron chi connectivity index (χ4n) is 3.36. The number of aromatic nitrogens is 1. The van der Waals surface area contributed by atoms with E-state index in [0.717, 1.165) is 28.2 Å². The Kier molecular flexibility index (Phi) is 6.97. The smallest absolute Gasteiger partial charge is 0.228 e. The first-order valence-electron chi connectivity index (χ1n) is 9.95. The van der Waals surface area contributed by atoms with Crippen LogP contribution in [0.5, 0.6) is 0 Å². The van der Waals surface area contributed by atoms with Gasteiger partial charge in [0, 0.05) is 17.9 Å². The van der Waals surface area contributed by atoms with E-state index in [9.17, 15) is 13.6 Å². The Hall–Kier alpha value is -2.03. The Morgan fingerprint density at radius 1 is 1.20 bits per heavy atom. The fourth-order valence-corrected chi connectivity index (χ4v) is 5.23. The number of ether oxygens (including phenoxy) is 1. The van der Waals surface area contributed by atoms with Crippen LogP contribution in [0.1, 0.15) is 25.7 Å². The van der Waals surface area contributed by atoms with Crippen LogP contribution in [0.15, 0.2) is 47.4 Å². The highest BCUT2D eigenvalue weighted by molar-refractivity contribution is 7.99. The Morgan fingerprint density at radius 3 is 2.77 bits per heavy atom. The highest BCUT2D eigenvalue weighted by atomic mass is 32.2. The summed E-state index contributed by atoms with van der Waals surface area (Å²) in [5.74, 6) is 0.184. The molecule has 4 rings (SSSR count). The fraction of sp³-hybridized carbons (Fsp3) is 0.364. The number of thioether (sulfide) groups is 1. The number of hydrogen-bond acceptors (Lipinski definition) is 5. The molecule has 0 N–H and O–H groups in total. The van der Waals surface area contributed by atoms with Crippen molar-refractivity contribution >= 4 is 44.4 Å². The highest BCUT2D eigenvalue weighted by Crippen LogP contribution is 2.31. The van der Waals surface area contributed by atoms with Crippen LogP contribution in [0.2, 0.25) is 0 Å². The lowest BCUT2D eigenvalue weighted by atomic mass is 10.2. The molecular weight excluding hydrogens is 426 g/mol. The molecule has 0 spiro atoms. The van der Waals surface area contributed by atoms with Crippen LogP contribution in [-0.4, -0.2) is 35.9 Å². The maximum atomic E-state index is 13.6. The molecule has 1 unspecified atom stereocenters. The molecule has 0 aliphatic carbocycles. The summed E-state index contributed by atoms with van der Waals surface area (Å²) in [6.07, 6.45) is 3.00. The normalized spacial score (nSPS) is 16.3. The van der Waals surface area contributed by atoms with E-state index in [1.807, 2.05) is 0 Å². The number of anilines is 1. The van der Waals surface area contributed by atoms with Gasteiger partial charge in [-0.2, -0.15) is 0 Å². The van der Waals surface area contributed by atoms with Gasteiger partial charge in [-0.05, 0) is 67.5 Å². The zero-order chi connectivity index (χ0) is 20.9. The van der Waals surface area contributed by atoms with Crippen LogP contribution in [0, 0.1) is 11.6 Å². The molecule has 0 bridgehead atoms. The highest BCUT2D eigenvalue weighted by Gasteiger charge is 2.26. The van der Waals surface area contributed by atoms with Crippen molar-refractivity contribution in [2.45, 2.75) is 36.7 Å². The van der Waals surface area contributed by atoms with Crippen molar-refractivity contribution in [2.75, 3.05) is 23.8 Å². The number of halogens is 2. The van der Waals surface area contributed by atoms with Crippen molar-refractivity contribution in [2.24, 2.45) is 0 Å². The van der Waals surface area contributed by atoms with Crippen LogP contribution < -0.4 is 4.90 Å². The molecule has 4 nitrogen and oxygen atoms in total. The largest absolute Gasteiger partial charge is 0.376 e. The minimum atomic E-state index is -0.312. The van der Waals surface area contributed by atoms with Gasteiger partial charge in [-0.1, -0.05) is 11.3 Å². The minimum Gasteiger partial charge on any atom is -0.376 e. The number of amides is 1. The van der Waals surface area contributed by atoms with Crippen LogP contribution in [0.4, 0.5) is 13.9 Å². The summed E-state index contributed by atoms with van der Waals surface area (Å²) in [6.45, 7) is 1.18. The Bertz CT molecular complexity index is 1000. The molecule has 0 radical (unpaired) electrons. The van der Waals surface area contributed by atoms with Gasteiger partial charge in [0.2, 0.25) is 5.91 Å².